The number of ketones is 1. The van der Waals surface area contributed by atoms with Crippen molar-refractivity contribution in [1.29, 1.82) is 0 Å². The van der Waals surface area contributed by atoms with Crippen molar-refractivity contribution in [3.8, 4) is 0 Å². The van der Waals surface area contributed by atoms with Crippen molar-refractivity contribution in [1.82, 2.24) is 26.2 Å². The Bertz CT molecular complexity index is 815. The molecule has 1 heterocycles. The van der Waals surface area contributed by atoms with Gasteiger partial charge in [0.1, 0.15) is 12.1 Å². The van der Waals surface area contributed by atoms with Crippen LogP contribution in [0.2, 0.25) is 0 Å². The van der Waals surface area contributed by atoms with E-state index >= 15 is 0 Å². The molecule has 10 nitrogen and oxygen atoms in total. The van der Waals surface area contributed by atoms with Crippen LogP contribution in [0, 0.1) is 11.3 Å². The van der Waals surface area contributed by atoms with Crippen LogP contribution >= 0.6 is 0 Å². The van der Waals surface area contributed by atoms with E-state index in [0.717, 1.165) is 32.1 Å². The Morgan fingerprint density at radius 3 is 2.15 bits per heavy atom. The summed E-state index contributed by atoms with van der Waals surface area (Å²) < 4.78 is 0. The Kier molecular flexibility index (Phi) is 8.20. The van der Waals surface area contributed by atoms with Crippen molar-refractivity contribution in [2.45, 2.75) is 96.3 Å². The van der Waals surface area contributed by atoms with Gasteiger partial charge in [0.05, 0.1) is 6.04 Å². The molecule has 3 aliphatic rings. The van der Waals surface area contributed by atoms with Crippen LogP contribution in [0.25, 0.3) is 0 Å². The zero-order valence-electron chi connectivity index (χ0n) is 20.7. The summed E-state index contributed by atoms with van der Waals surface area (Å²) in [4.78, 5) is 65.4. The summed E-state index contributed by atoms with van der Waals surface area (Å²) in [7, 11) is 1.48. The third-order valence-electron chi connectivity index (χ3n) is 7.02. The third kappa shape index (κ3) is 6.48. The molecule has 0 spiro atoms. The van der Waals surface area contributed by atoms with Gasteiger partial charge in [-0.25, -0.2) is 4.79 Å². The minimum atomic E-state index is -0.892. The second-order valence-corrected chi connectivity index (χ2v) is 10.9. The van der Waals surface area contributed by atoms with Crippen LogP contribution in [0.15, 0.2) is 0 Å². The van der Waals surface area contributed by atoms with Gasteiger partial charge < -0.3 is 26.2 Å². The Balaban J connectivity index is 1.70. The maximum absolute atomic E-state index is 13.4. The molecule has 3 atom stereocenters. The van der Waals surface area contributed by atoms with Gasteiger partial charge in [-0.05, 0) is 43.4 Å². The zero-order chi connectivity index (χ0) is 25.0. The Labute approximate surface area is 201 Å². The van der Waals surface area contributed by atoms with Gasteiger partial charge in [0.15, 0.2) is 0 Å². The minimum absolute atomic E-state index is 0.0570. The topological polar surface area (TPSA) is 137 Å². The summed E-state index contributed by atoms with van der Waals surface area (Å²) in [6, 6.07) is -2.87. The largest absolute Gasteiger partial charge is 0.347 e. The SMILES string of the molecule is CNC(=O)NC(C(=O)N1CCCC1C(=O)NC(CC1CCC1)C(=O)C(=O)NC1CC1)C(C)(C)C. The van der Waals surface area contributed by atoms with Crippen LogP contribution in [0.4, 0.5) is 4.79 Å². The molecule has 0 radical (unpaired) electrons. The molecular formula is C24H39N5O5. The monoisotopic (exact) mass is 477 g/mol. The lowest BCUT2D eigenvalue weighted by molar-refractivity contribution is -0.144. The first-order valence-electron chi connectivity index (χ1n) is 12.4. The van der Waals surface area contributed by atoms with Crippen LogP contribution in [0.5, 0.6) is 0 Å². The molecule has 10 heteroatoms. The average molecular weight is 478 g/mol. The van der Waals surface area contributed by atoms with E-state index in [0.29, 0.717) is 31.7 Å². The number of rotatable bonds is 9. The summed E-state index contributed by atoms with van der Waals surface area (Å²) in [6.45, 7) is 5.94. The number of carbonyl (C=O) groups is 5. The van der Waals surface area contributed by atoms with Crippen molar-refractivity contribution >= 4 is 29.5 Å². The number of amides is 5. The molecule has 3 unspecified atom stereocenters. The van der Waals surface area contributed by atoms with Gasteiger partial charge in [-0.2, -0.15) is 0 Å². The van der Waals surface area contributed by atoms with E-state index < -0.39 is 47.2 Å². The molecule has 5 amide bonds. The Morgan fingerprint density at radius 1 is 0.941 bits per heavy atom. The van der Waals surface area contributed by atoms with Crippen molar-refractivity contribution in [2.24, 2.45) is 11.3 Å². The molecule has 190 valence electrons. The molecule has 4 N–H and O–H groups in total. The average Bonchev–Trinajstić information content (AvgIpc) is 3.42. The van der Waals surface area contributed by atoms with E-state index in [1.54, 1.807) is 0 Å². The van der Waals surface area contributed by atoms with E-state index in [1.165, 1.54) is 11.9 Å². The van der Waals surface area contributed by atoms with E-state index in [-0.39, 0.29) is 11.9 Å². The third-order valence-corrected chi connectivity index (χ3v) is 7.02. The van der Waals surface area contributed by atoms with Gasteiger partial charge >= 0.3 is 6.03 Å². The van der Waals surface area contributed by atoms with E-state index in [9.17, 15) is 24.0 Å². The molecular weight excluding hydrogens is 438 g/mol. The van der Waals surface area contributed by atoms with Crippen LogP contribution in [0.3, 0.4) is 0 Å². The van der Waals surface area contributed by atoms with Crippen molar-refractivity contribution in [3.05, 3.63) is 0 Å². The highest BCUT2D eigenvalue weighted by atomic mass is 16.2. The highest BCUT2D eigenvalue weighted by Gasteiger charge is 2.43. The molecule has 34 heavy (non-hydrogen) atoms. The van der Waals surface area contributed by atoms with Crippen molar-refractivity contribution in [3.63, 3.8) is 0 Å². The summed E-state index contributed by atoms with van der Waals surface area (Å²) in [5, 5.41) is 10.7. The maximum atomic E-state index is 13.4. The second kappa shape index (κ2) is 10.7. The molecule has 1 aliphatic heterocycles. The number of nitrogens with one attached hydrogen (secondary N) is 4. The van der Waals surface area contributed by atoms with Crippen LogP contribution < -0.4 is 21.3 Å². The fourth-order valence-electron chi connectivity index (χ4n) is 4.52. The first kappa shape index (κ1) is 26.0. The fraction of sp³-hybridized carbons (Fsp3) is 0.792. The van der Waals surface area contributed by atoms with E-state index in [2.05, 4.69) is 21.3 Å². The highest BCUT2D eigenvalue weighted by molar-refractivity contribution is 6.38. The lowest BCUT2D eigenvalue weighted by atomic mass is 9.80. The summed E-state index contributed by atoms with van der Waals surface area (Å²) >= 11 is 0. The van der Waals surface area contributed by atoms with Crippen molar-refractivity contribution < 1.29 is 24.0 Å². The van der Waals surface area contributed by atoms with Gasteiger partial charge in [0.2, 0.25) is 17.6 Å². The fourth-order valence-corrected chi connectivity index (χ4v) is 4.52. The molecule has 3 rings (SSSR count). The molecule has 3 fully saturated rings. The van der Waals surface area contributed by atoms with Crippen LogP contribution in [-0.2, 0) is 19.2 Å². The van der Waals surface area contributed by atoms with E-state index in [1.807, 2.05) is 20.8 Å². The molecule has 2 saturated carbocycles. The van der Waals surface area contributed by atoms with Gasteiger partial charge in [-0.1, -0.05) is 40.0 Å². The van der Waals surface area contributed by atoms with Gasteiger partial charge in [-0.3, -0.25) is 19.2 Å². The molecule has 0 aromatic carbocycles. The number of urea groups is 1. The van der Waals surface area contributed by atoms with Crippen LogP contribution in [-0.4, -0.2) is 72.2 Å². The Hall–Kier alpha value is -2.65. The standard InChI is InChI=1S/C24H39N5O5/c1-24(2,3)19(28-23(34)25-4)22(33)29-12-6-9-17(29)20(31)27-16(13-14-7-5-8-14)18(30)21(32)26-15-10-11-15/h14-17,19H,5-13H2,1-4H3,(H,26,32)(H,27,31)(H2,25,28,34). The summed E-state index contributed by atoms with van der Waals surface area (Å²) in [5.41, 5.74) is -0.573. The number of nitrogens with zero attached hydrogens (tertiary/aromatic N) is 1. The predicted molar refractivity (Wildman–Crippen MR) is 126 cm³/mol. The summed E-state index contributed by atoms with van der Waals surface area (Å²) in [5.74, 6) is -1.70. The van der Waals surface area contributed by atoms with E-state index in [4.69, 9.17) is 0 Å². The van der Waals surface area contributed by atoms with Gasteiger partial charge in [-0.15, -0.1) is 0 Å². The molecule has 0 bridgehead atoms. The molecule has 2 aliphatic carbocycles. The predicted octanol–water partition coefficient (Wildman–Crippen LogP) is 0.844. The van der Waals surface area contributed by atoms with Crippen molar-refractivity contribution in [2.75, 3.05) is 13.6 Å². The smallest absolute Gasteiger partial charge is 0.315 e. The Morgan fingerprint density at radius 2 is 1.62 bits per heavy atom. The summed E-state index contributed by atoms with van der Waals surface area (Å²) in [6.07, 6.45) is 6.34. The van der Waals surface area contributed by atoms with Gasteiger partial charge in [0.25, 0.3) is 5.91 Å². The highest BCUT2D eigenvalue weighted by Crippen LogP contribution is 2.31. The first-order chi connectivity index (χ1) is 16.0. The molecule has 1 saturated heterocycles. The van der Waals surface area contributed by atoms with Crippen LogP contribution in [0.1, 0.15) is 72.1 Å². The number of carbonyl (C=O) groups excluding carboxylic acids is 5. The number of Topliss-reactive ketones (excluding diaryl/α,β-unsaturated/α-hetero) is 1. The molecule has 0 aromatic heterocycles. The maximum Gasteiger partial charge on any atom is 0.315 e. The number of hydrogen-bond acceptors (Lipinski definition) is 5. The lowest BCUT2D eigenvalue weighted by Crippen LogP contribution is -2.60. The normalized spacial score (nSPS) is 22.2. The zero-order valence-corrected chi connectivity index (χ0v) is 20.7. The van der Waals surface area contributed by atoms with Gasteiger partial charge in [0, 0.05) is 19.6 Å². The minimum Gasteiger partial charge on any atom is -0.347 e. The first-order valence-corrected chi connectivity index (χ1v) is 12.4. The number of likely N-dealkylation sites (tertiary alicyclic amines) is 1. The number of hydrogen-bond donors (Lipinski definition) is 4. The quantitative estimate of drug-likeness (QED) is 0.365. The molecule has 0 aromatic rings. The lowest BCUT2D eigenvalue weighted by Gasteiger charge is -2.36. The second-order valence-electron chi connectivity index (χ2n) is 10.9.